The summed E-state index contributed by atoms with van der Waals surface area (Å²) in [6.45, 7) is 0. The van der Waals surface area contributed by atoms with Gasteiger partial charge in [-0.15, -0.1) is 0 Å². The predicted octanol–water partition coefficient (Wildman–Crippen LogP) is 3.01. The molecule has 1 unspecified atom stereocenters. The lowest BCUT2D eigenvalue weighted by Crippen LogP contribution is -2.16. The summed E-state index contributed by atoms with van der Waals surface area (Å²) in [4.78, 5) is 8.35. The number of halogens is 1. The first-order valence-corrected chi connectivity index (χ1v) is 6.44. The van der Waals surface area contributed by atoms with E-state index >= 15 is 0 Å². The van der Waals surface area contributed by atoms with Crippen LogP contribution in [0.5, 0.6) is 0 Å². The van der Waals surface area contributed by atoms with Crippen LogP contribution in [0.3, 0.4) is 0 Å². The molecule has 0 aliphatic heterocycles. The smallest absolute Gasteiger partial charge is 0.146 e. The molecule has 0 fully saturated rings. The van der Waals surface area contributed by atoms with Crippen molar-refractivity contribution >= 4 is 10.9 Å². The van der Waals surface area contributed by atoms with Gasteiger partial charge in [0.15, 0.2) is 0 Å². The number of fused-ring (bicyclic) bond motifs is 1. The average Bonchev–Trinajstić information content (AvgIpc) is 2.48. The zero-order valence-corrected chi connectivity index (χ0v) is 10.8. The number of para-hydroxylation sites is 1. The van der Waals surface area contributed by atoms with E-state index in [1.165, 1.54) is 6.07 Å². The Morgan fingerprint density at radius 2 is 1.85 bits per heavy atom. The normalized spacial score (nSPS) is 12.5. The van der Waals surface area contributed by atoms with E-state index in [1.807, 2.05) is 30.3 Å². The summed E-state index contributed by atoms with van der Waals surface area (Å²) in [5, 5.41) is 1.04. The van der Waals surface area contributed by atoms with Gasteiger partial charge in [0.1, 0.15) is 5.82 Å². The fourth-order valence-electron chi connectivity index (χ4n) is 2.34. The number of aromatic nitrogens is 2. The SMILES string of the molecule is NC(Cc1ccnc2ccccc12)c1ncccc1F. The Balaban J connectivity index is 1.96. The number of hydrogen-bond acceptors (Lipinski definition) is 3. The molecule has 100 valence electrons. The molecule has 1 aromatic carbocycles. The maximum absolute atomic E-state index is 13.7. The largest absolute Gasteiger partial charge is 0.322 e. The third-order valence-corrected chi connectivity index (χ3v) is 3.32. The molecule has 1 atom stereocenters. The first-order valence-electron chi connectivity index (χ1n) is 6.44. The maximum atomic E-state index is 13.7. The van der Waals surface area contributed by atoms with Crippen molar-refractivity contribution in [1.82, 2.24) is 9.97 Å². The monoisotopic (exact) mass is 267 g/mol. The van der Waals surface area contributed by atoms with Crippen LogP contribution in [-0.4, -0.2) is 9.97 Å². The Morgan fingerprint density at radius 1 is 1.00 bits per heavy atom. The number of hydrogen-bond donors (Lipinski definition) is 1. The third kappa shape index (κ3) is 2.38. The Morgan fingerprint density at radius 3 is 2.70 bits per heavy atom. The highest BCUT2D eigenvalue weighted by Gasteiger charge is 2.14. The van der Waals surface area contributed by atoms with Crippen molar-refractivity contribution in [2.24, 2.45) is 5.73 Å². The summed E-state index contributed by atoms with van der Waals surface area (Å²) in [5.74, 6) is -0.363. The molecule has 2 heterocycles. The van der Waals surface area contributed by atoms with Gasteiger partial charge in [0.2, 0.25) is 0 Å². The van der Waals surface area contributed by atoms with Crippen LogP contribution < -0.4 is 5.73 Å². The Hall–Kier alpha value is -2.33. The van der Waals surface area contributed by atoms with E-state index in [9.17, 15) is 4.39 Å². The van der Waals surface area contributed by atoms with Crippen molar-refractivity contribution in [3.63, 3.8) is 0 Å². The lowest BCUT2D eigenvalue weighted by molar-refractivity contribution is 0.564. The summed E-state index contributed by atoms with van der Waals surface area (Å²) >= 11 is 0. The van der Waals surface area contributed by atoms with Crippen LogP contribution in [-0.2, 0) is 6.42 Å². The Kier molecular flexibility index (Phi) is 3.39. The maximum Gasteiger partial charge on any atom is 0.146 e. The van der Waals surface area contributed by atoms with E-state index in [2.05, 4.69) is 9.97 Å². The molecule has 3 rings (SSSR count). The molecule has 0 amide bonds. The summed E-state index contributed by atoms with van der Waals surface area (Å²) < 4.78 is 13.7. The number of nitrogens with two attached hydrogens (primary N) is 1. The standard InChI is InChI=1S/C16H14FN3/c17-13-5-3-8-20-16(13)14(18)10-11-7-9-19-15-6-2-1-4-12(11)15/h1-9,14H,10,18H2. The molecule has 0 saturated heterocycles. The van der Waals surface area contributed by atoms with Crippen LogP contribution >= 0.6 is 0 Å². The highest BCUT2D eigenvalue weighted by molar-refractivity contribution is 5.81. The Labute approximate surface area is 116 Å². The van der Waals surface area contributed by atoms with Crippen molar-refractivity contribution in [1.29, 1.82) is 0 Å². The van der Waals surface area contributed by atoms with Gasteiger partial charge in [0, 0.05) is 17.8 Å². The number of rotatable bonds is 3. The highest BCUT2D eigenvalue weighted by Crippen LogP contribution is 2.22. The van der Waals surface area contributed by atoms with E-state index in [1.54, 1.807) is 18.5 Å². The predicted molar refractivity (Wildman–Crippen MR) is 76.6 cm³/mol. The zero-order chi connectivity index (χ0) is 13.9. The van der Waals surface area contributed by atoms with Gasteiger partial charge in [-0.1, -0.05) is 18.2 Å². The molecule has 0 radical (unpaired) electrons. The van der Waals surface area contributed by atoms with Crippen LogP contribution in [0.15, 0.2) is 54.9 Å². The van der Waals surface area contributed by atoms with Crippen LogP contribution in [0, 0.1) is 5.82 Å². The van der Waals surface area contributed by atoms with Crippen LogP contribution in [0.4, 0.5) is 4.39 Å². The number of benzene rings is 1. The van der Waals surface area contributed by atoms with Gasteiger partial charge in [-0.25, -0.2) is 4.39 Å². The molecule has 2 aromatic heterocycles. The lowest BCUT2D eigenvalue weighted by atomic mass is 10.00. The van der Waals surface area contributed by atoms with Gasteiger partial charge in [-0.2, -0.15) is 0 Å². The first kappa shape index (κ1) is 12.7. The lowest BCUT2D eigenvalue weighted by Gasteiger charge is -2.13. The molecule has 0 saturated carbocycles. The number of pyridine rings is 2. The van der Waals surface area contributed by atoms with Crippen LogP contribution in [0.2, 0.25) is 0 Å². The first-order chi connectivity index (χ1) is 9.75. The van der Waals surface area contributed by atoms with Gasteiger partial charge in [0.05, 0.1) is 17.3 Å². The summed E-state index contributed by atoms with van der Waals surface area (Å²) in [5.41, 5.74) is 8.36. The van der Waals surface area contributed by atoms with Crippen molar-refractivity contribution in [3.8, 4) is 0 Å². The van der Waals surface area contributed by atoms with Gasteiger partial charge in [-0.3, -0.25) is 9.97 Å². The van der Waals surface area contributed by atoms with Crippen molar-refractivity contribution < 1.29 is 4.39 Å². The summed E-state index contributed by atoms with van der Waals surface area (Å²) in [6, 6.07) is 12.2. The molecule has 0 bridgehead atoms. The molecule has 2 N–H and O–H groups in total. The minimum atomic E-state index is -0.470. The number of nitrogens with zero attached hydrogens (tertiary/aromatic N) is 2. The fraction of sp³-hybridized carbons (Fsp3) is 0.125. The molecule has 20 heavy (non-hydrogen) atoms. The second-order valence-corrected chi connectivity index (χ2v) is 4.67. The Bertz CT molecular complexity index is 737. The molecular formula is C16H14FN3. The molecule has 0 spiro atoms. The summed E-state index contributed by atoms with van der Waals surface area (Å²) in [7, 11) is 0. The average molecular weight is 267 g/mol. The summed E-state index contributed by atoms with van der Waals surface area (Å²) in [6.07, 6.45) is 3.83. The highest BCUT2D eigenvalue weighted by atomic mass is 19.1. The molecule has 0 aliphatic carbocycles. The zero-order valence-electron chi connectivity index (χ0n) is 10.8. The molecule has 0 aliphatic rings. The molecule has 3 nitrogen and oxygen atoms in total. The molecule has 3 aromatic rings. The van der Waals surface area contributed by atoms with Crippen molar-refractivity contribution in [2.75, 3.05) is 0 Å². The van der Waals surface area contributed by atoms with E-state index in [0.29, 0.717) is 12.1 Å². The van der Waals surface area contributed by atoms with Gasteiger partial charge in [0.25, 0.3) is 0 Å². The van der Waals surface area contributed by atoms with E-state index in [-0.39, 0.29) is 5.82 Å². The van der Waals surface area contributed by atoms with Gasteiger partial charge in [-0.05, 0) is 36.2 Å². The minimum Gasteiger partial charge on any atom is -0.322 e. The second-order valence-electron chi connectivity index (χ2n) is 4.67. The van der Waals surface area contributed by atoms with Crippen molar-refractivity contribution in [3.05, 3.63) is 71.9 Å². The van der Waals surface area contributed by atoms with Crippen LogP contribution in [0.1, 0.15) is 17.3 Å². The van der Waals surface area contributed by atoms with Crippen molar-refractivity contribution in [2.45, 2.75) is 12.5 Å². The molecule has 4 heteroatoms. The second kappa shape index (κ2) is 5.35. The topological polar surface area (TPSA) is 51.8 Å². The van der Waals surface area contributed by atoms with Gasteiger partial charge >= 0.3 is 0 Å². The molecular weight excluding hydrogens is 253 g/mol. The fourth-order valence-corrected chi connectivity index (χ4v) is 2.34. The van der Waals surface area contributed by atoms with Gasteiger partial charge < -0.3 is 5.73 Å². The van der Waals surface area contributed by atoms with Crippen LogP contribution in [0.25, 0.3) is 10.9 Å². The third-order valence-electron chi connectivity index (χ3n) is 3.32. The quantitative estimate of drug-likeness (QED) is 0.793. The van der Waals surface area contributed by atoms with E-state index in [4.69, 9.17) is 5.73 Å². The van der Waals surface area contributed by atoms with E-state index < -0.39 is 6.04 Å². The minimum absolute atomic E-state index is 0.299. The van der Waals surface area contributed by atoms with E-state index in [0.717, 1.165) is 16.5 Å².